The van der Waals surface area contributed by atoms with Gasteiger partial charge in [-0.15, -0.1) is 0 Å². The number of hydrogen-bond acceptors (Lipinski definition) is 6. The van der Waals surface area contributed by atoms with Crippen molar-refractivity contribution in [2.75, 3.05) is 0 Å². The van der Waals surface area contributed by atoms with E-state index in [4.69, 9.17) is 4.52 Å². The van der Waals surface area contributed by atoms with Crippen LogP contribution in [0.15, 0.2) is 61.2 Å². The number of nitrogens with one attached hydrogen (secondary N) is 1. The number of benzene rings is 2. The Morgan fingerprint density at radius 2 is 1.71 bits per heavy atom. The topological polar surface area (TPSA) is 116 Å². The molecule has 4 rings (SSSR count). The smallest absolute Gasteiger partial charge is 0.328 e. The minimum Gasteiger partial charge on any atom is -0.355 e. The van der Waals surface area contributed by atoms with Crippen molar-refractivity contribution in [2.24, 2.45) is 14.1 Å². The molecule has 0 aliphatic rings. The van der Waals surface area contributed by atoms with Gasteiger partial charge in [0.1, 0.15) is 10.5 Å². The van der Waals surface area contributed by atoms with Gasteiger partial charge in [-0.3, -0.25) is 13.9 Å². The highest BCUT2D eigenvalue weighted by Gasteiger charge is 2.28. The maximum atomic E-state index is 13.1. The molecule has 0 aliphatic heterocycles. The molecule has 31 heavy (non-hydrogen) atoms. The SMILES string of the molecule is Cc1noc(-c2ccccc2)c1C(=O)NS(=O)(=O)c1cc2c(cc1Br)n(C)c(=O)n2C. The molecule has 2 aromatic carbocycles. The number of carbonyl (C=O) groups is 1. The summed E-state index contributed by atoms with van der Waals surface area (Å²) < 4.78 is 36.4. The predicted octanol–water partition coefficient (Wildman–Crippen LogP) is 2.72. The number of hydrogen-bond donors (Lipinski definition) is 1. The number of fused-ring (bicyclic) bond motifs is 1. The number of rotatable bonds is 4. The Labute approximate surface area is 185 Å². The van der Waals surface area contributed by atoms with E-state index in [-0.39, 0.29) is 32.1 Å². The Morgan fingerprint density at radius 1 is 1.10 bits per heavy atom. The van der Waals surface area contributed by atoms with E-state index < -0.39 is 15.9 Å². The molecule has 0 radical (unpaired) electrons. The molecule has 160 valence electrons. The number of sulfonamides is 1. The lowest BCUT2D eigenvalue weighted by Gasteiger charge is -2.10. The molecular weight excluding hydrogens is 488 g/mol. The van der Waals surface area contributed by atoms with E-state index >= 15 is 0 Å². The second-order valence-electron chi connectivity index (χ2n) is 6.94. The van der Waals surface area contributed by atoms with E-state index in [1.54, 1.807) is 45.3 Å². The minimum atomic E-state index is -4.28. The molecule has 0 spiro atoms. The minimum absolute atomic E-state index is 0.0269. The summed E-state index contributed by atoms with van der Waals surface area (Å²) in [5.74, 6) is -0.697. The summed E-state index contributed by atoms with van der Waals surface area (Å²) in [5.41, 5.74) is 1.53. The predicted molar refractivity (Wildman–Crippen MR) is 117 cm³/mol. The van der Waals surface area contributed by atoms with E-state index in [0.29, 0.717) is 16.6 Å². The monoisotopic (exact) mass is 504 g/mol. The molecule has 2 aromatic heterocycles. The molecule has 1 amide bonds. The third-order valence-electron chi connectivity index (χ3n) is 4.97. The first-order valence-corrected chi connectivity index (χ1v) is 11.3. The van der Waals surface area contributed by atoms with Crippen molar-refractivity contribution in [1.82, 2.24) is 19.0 Å². The average molecular weight is 505 g/mol. The quantitative estimate of drug-likeness (QED) is 0.456. The second-order valence-corrected chi connectivity index (χ2v) is 9.45. The number of aryl methyl sites for hydroxylation is 3. The summed E-state index contributed by atoms with van der Waals surface area (Å²) in [4.78, 5) is 24.9. The van der Waals surface area contributed by atoms with E-state index in [2.05, 4.69) is 25.8 Å². The van der Waals surface area contributed by atoms with Crippen molar-refractivity contribution >= 4 is 42.9 Å². The molecule has 1 N–H and O–H groups in total. The zero-order chi connectivity index (χ0) is 22.5. The van der Waals surface area contributed by atoms with Crippen molar-refractivity contribution < 1.29 is 17.7 Å². The van der Waals surface area contributed by atoms with Crippen LogP contribution in [-0.2, 0) is 24.1 Å². The van der Waals surface area contributed by atoms with Crippen LogP contribution >= 0.6 is 15.9 Å². The highest BCUT2D eigenvalue weighted by Crippen LogP contribution is 2.29. The third kappa shape index (κ3) is 3.49. The van der Waals surface area contributed by atoms with Gasteiger partial charge in [0.2, 0.25) is 0 Å². The molecule has 0 atom stereocenters. The van der Waals surface area contributed by atoms with Crippen LogP contribution < -0.4 is 10.4 Å². The molecule has 2 heterocycles. The number of amides is 1. The second kappa shape index (κ2) is 7.50. The van der Waals surface area contributed by atoms with Crippen LogP contribution in [-0.4, -0.2) is 28.6 Å². The van der Waals surface area contributed by atoms with Crippen LogP contribution in [0.5, 0.6) is 0 Å². The maximum absolute atomic E-state index is 13.1. The Kier molecular flexibility index (Phi) is 5.10. The largest absolute Gasteiger partial charge is 0.355 e. The fraction of sp³-hybridized carbons (Fsp3) is 0.150. The summed E-state index contributed by atoms with van der Waals surface area (Å²) in [5, 5.41) is 3.82. The van der Waals surface area contributed by atoms with Crippen LogP contribution in [0.1, 0.15) is 16.1 Å². The van der Waals surface area contributed by atoms with Crippen LogP contribution in [0.2, 0.25) is 0 Å². The van der Waals surface area contributed by atoms with Crippen molar-refractivity contribution in [1.29, 1.82) is 0 Å². The van der Waals surface area contributed by atoms with Gasteiger partial charge in [-0.2, -0.15) is 0 Å². The van der Waals surface area contributed by atoms with Crippen molar-refractivity contribution in [3.63, 3.8) is 0 Å². The summed E-state index contributed by atoms with van der Waals surface area (Å²) in [6.07, 6.45) is 0. The van der Waals surface area contributed by atoms with Crippen LogP contribution in [0.25, 0.3) is 22.4 Å². The lowest BCUT2D eigenvalue weighted by Crippen LogP contribution is -2.31. The van der Waals surface area contributed by atoms with Gasteiger partial charge in [0.25, 0.3) is 15.9 Å². The highest BCUT2D eigenvalue weighted by atomic mass is 79.9. The Balaban J connectivity index is 1.77. The van der Waals surface area contributed by atoms with Gasteiger partial charge >= 0.3 is 5.69 Å². The lowest BCUT2D eigenvalue weighted by molar-refractivity contribution is 0.0981. The van der Waals surface area contributed by atoms with E-state index in [1.807, 2.05) is 6.07 Å². The van der Waals surface area contributed by atoms with E-state index in [1.165, 1.54) is 21.3 Å². The van der Waals surface area contributed by atoms with Crippen molar-refractivity contribution in [3.8, 4) is 11.3 Å². The fourth-order valence-corrected chi connectivity index (χ4v) is 5.37. The Morgan fingerprint density at radius 3 is 2.35 bits per heavy atom. The van der Waals surface area contributed by atoms with E-state index in [0.717, 1.165) is 0 Å². The Hall–Kier alpha value is -3.18. The number of aromatic nitrogens is 3. The molecule has 0 saturated carbocycles. The lowest BCUT2D eigenvalue weighted by atomic mass is 10.1. The standard InChI is InChI=1S/C20H17BrN4O5S/c1-11-17(18(30-22-11)12-7-5-4-6-8-12)19(26)23-31(28,29)16-10-15-14(9-13(16)21)24(2)20(27)25(15)3/h4-10H,1-3H3,(H,23,26). The number of nitrogens with zero attached hydrogens (tertiary/aromatic N) is 3. The van der Waals surface area contributed by atoms with Crippen molar-refractivity contribution in [2.45, 2.75) is 11.8 Å². The zero-order valence-electron chi connectivity index (χ0n) is 16.7. The first-order chi connectivity index (χ1) is 14.6. The molecule has 0 aliphatic carbocycles. The molecule has 0 fully saturated rings. The molecule has 0 bridgehead atoms. The van der Waals surface area contributed by atoms with Gasteiger partial charge in [-0.05, 0) is 35.0 Å². The fourth-order valence-electron chi connectivity index (χ4n) is 3.36. The number of imidazole rings is 1. The van der Waals surface area contributed by atoms with Crippen molar-refractivity contribution in [3.05, 3.63) is 68.7 Å². The van der Waals surface area contributed by atoms with Crippen LogP contribution in [0.4, 0.5) is 0 Å². The van der Waals surface area contributed by atoms with Gasteiger partial charge in [0, 0.05) is 24.1 Å². The van der Waals surface area contributed by atoms with Gasteiger partial charge in [-0.1, -0.05) is 35.5 Å². The first-order valence-electron chi connectivity index (χ1n) is 9.05. The maximum Gasteiger partial charge on any atom is 0.328 e. The summed E-state index contributed by atoms with van der Waals surface area (Å²) in [6.45, 7) is 1.55. The van der Waals surface area contributed by atoms with Gasteiger partial charge in [0.15, 0.2) is 5.76 Å². The van der Waals surface area contributed by atoms with Crippen LogP contribution in [0.3, 0.4) is 0 Å². The highest BCUT2D eigenvalue weighted by molar-refractivity contribution is 9.10. The van der Waals surface area contributed by atoms with Crippen LogP contribution in [0, 0.1) is 6.92 Å². The zero-order valence-corrected chi connectivity index (χ0v) is 19.1. The molecular formula is C20H17BrN4O5S. The summed E-state index contributed by atoms with van der Waals surface area (Å²) >= 11 is 3.24. The van der Waals surface area contributed by atoms with Gasteiger partial charge in [0.05, 0.1) is 16.7 Å². The van der Waals surface area contributed by atoms with E-state index in [9.17, 15) is 18.0 Å². The normalized spacial score (nSPS) is 11.7. The molecule has 4 aromatic rings. The van der Waals surface area contributed by atoms with Gasteiger partial charge < -0.3 is 4.52 Å². The first kappa shape index (κ1) is 21.1. The number of carbonyl (C=O) groups excluding carboxylic acids is 1. The Bertz CT molecular complexity index is 1500. The molecule has 0 saturated heterocycles. The third-order valence-corrected chi connectivity index (χ3v) is 7.26. The average Bonchev–Trinajstić information content (AvgIpc) is 3.21. The van der Waals surface area contributed by atoms with Gasteiger partial charge in [-0.25, -0.2) is 17.9 Å². The molecule has 9 nitrogen and oxygen atoms in total. The number of halogens is 1. The summed E-state index contributed by atoms with van der Waals surface area (Å²) in [7, 11) is -1.15. The molecule has 11 heteroatoms. The molecule has 0 unspecified atom stereocenters. The summed E-state index contributed by atoms with van der Waals surface area (Å²) in [6, 6.07) is 11.7.